The van der Waals surface area contributed by atoms with Crippen molar-refractivity contribution in [3.8, 4) is 0 Å². The lowest BCUT2D eigenvalue weighted by atomic mass is 10.1. The van der Waals surface area contributed by atoms with Crippen molar-refractivity contribution in [2.24, 2.45) is 0 Å². The van der Waals surface area contributed by atoms with Gasteiger partial charge in [-0.2, -0.15) is 24.5 Å². The number of benzene rings is 1. The van der Waals surface area contributed by atoms with Crippen molar-refractivity contribution in [2.45, 2.75) is 19.0 Å². The molecular formula is C18H16F3NO4S. The van der Waals surface area contributed by atoms with Crippen LogP contribution in [0.5, 0.6) is 0 Å². The molecule has 9 heteroatoms. The van der Waals surface area contributed by atoms with Gasteiger partial charge in [0, 0.05) is 29.5 Å². The second-order valence-corrected chi connectivity index (χ2v) is 6.31. The number of halogens is 3. The molecule has 27 heavy (non-hydrogen) atoms. The maximum absolute atomic E-state index is 12.6. The summed E-state index contributed by atoms with van der Waals surface area (Å²) in [6, 6.07) is 5.59. The molecule has 0 unspecified atom stereocenters. The van der Waals surface area contributed by atoms with Crippen LogP contribution in [-0.2, 0) is 15.7 Å². The first kappa shape index (κ1) is 20.6. The number of carbonyl (C=O) groups excluding carboxylic acids is 3. The summed E-state index contributed by atoms with van der Waals surface area (Å²) in [5.41, 5.74) is -0.587. The van der Waals surface area contributed by atoms with Crippen LogP contribution >= 0.6 is 11.3 Å². The maximum atomic E-state index is 12.6. The molecule has 0 fully saturated rings. The van der Waals surface area contributed by atoms with E-state index in [2.05, 4.69) is 5.32 Å². The number of rotatable bonds is 8. The molecule has 1 N–H and O–H groups in total. The van der Waals surface area contributed by atoms with Crippen LogP contribution in [0.2, 0.25) is 0 Å². The van der Waals surface area contributed by atoms with Gasteiger partial charge in [-0.1, -0.05) is 12.1 Å². The van der Waals surface area contributed by atoms with Gasteiger partial charge in [0.05, 0.1) is 5.56 Å². The normalized spacial score (nSPS) is 11.1. The summed E-state index contributed by atoms with van der Waals surface area (Å²) in [6.07, 6.45) is -4.27. The summed E-state index contributed by atoms with van der Waals surface area (Å²) in [6.45, 7) is -0.382. The topological polar surface area (TPSA) is 72.5 Å². The monoisotopic (exact) mass is 399 g/mol. The highest BCUT2D eigenvalue weighted by atomic mass is 32.1. The van der Waals surface area contributed by atoms with Crippen LogP contribution in [-0.4, -0.2) is 30.8 Å². The Bertz CT molecular complexity index is 803. The van der Waals surface area contributed by atoms with Crippen molar-refractivity contribution in [3.63, 3.8) is 0 Å². The van der Waals surface area contributed by atoms with Gasteiger partial charge in [0.1, 0.15) is 0 Å². The third-order valence-electron chi connectivity index (χ3n) is 3.50. The van der Waals surface area contributed by atoms with Gasteiger partial charge in [0.25, 0.3) is 5.91 Å². The van der Waals surface area contributed by atoms with Crippen molar-refractivity contribution in [2.75, 3.05) is 13.2 Å². The average molecular weight is 399 g/mol. The zero-order valence-electron chi connectivity index (χ0n) is 14.0. The van der Waals surface area contributed by atoms with Gasteiger partial charge < -0.3 is 10.1 Å². The third-order valence-corrected chi connectivity index (χ3v) is 4.19. The predicted molar refractivity (Wildman–Crippen MR) is 92.6 cm³/mol. The predicted octanol–water partition coefficient (Wildman–Crippen LogP) is 3.70. The number of hydrogen-bond donors (Lipinski definition) is 1. The quantitative estimate of drug-likeness (QED) is 0.417. The molecule has 5 nitrogen and oxygen atoms in total. The summed E-state index contributed by atoms with van der Waals surface area (Å²) in [5.74, 6) is -1.63. The van der Waals surface area contributed by atoms with Crippen molar-refractivity contribution in [1.82, 2.24) is 5.32 Å². The molecule has 0 spiro atoms. The lowest BCUT2D eigenvalue weighted by Gasteiger charge is -2.09. The number of nitrogens with one attached hydrogen (secondary N) is 1. The first-order chi connectivity index (χ1) is 12.8. The van der Waals surface area contributed by atoms with Crippen LogP contribution < -0.4 is 5.32 Å². The molecule has 0 aliphatic rings. The smallest absolute Gasteiger partial charge is 0.416 e. The molecular weight excluding hydrogens is 383 g/mol. The van der Waals surface area contributed by atoms with Crippen LogP contribution in [0.3, 0.4) is 0 Å². The van der Waals surface area contributed by atoms with Gasteiger partial charge in [0.2, 0.25) is 0 Å². The first-order valence-electron chi connectivity index (χ1n) is 7.94. The minimum atomic E-state index is -4.56. The summed E-state index contributed by atoms with van der Waals surface area (Å²) in [4.78, 5) is 35.2. The molecule has 1 aromatic heterocycles. The van der Waals surface area contributed by atoms with Gasteiger partial charge in [0.15, 0.2) is 12.4 Å². The standard InChI is InChI=1S/C18H16F3NO4S/c19-18(20,21)14-4-1-3-12(9-14)15(23)10-26-16(24)5-2-7-22-17(25)13-6-8-27-11-13/h1,3-4,6,8-9,11H,2,5,7,10H2,(H,22,25). The van der Waals surface area contributed by atoms with E-state index in [9.17, 15) is 27.6 Å². The molecule has 0 bridgehead atoms. The van der Waals surface area contributed by atoms with Crippen molar-refractivity contribution in [3.05, 3.63) is 57.8 Å². The molecule has 0 radical (unpaired) electrons. The Morgan fingerprint density at radius 2 is 1.89 bits per heavy atom. The molecule has 0 saturated heterocycles. The Kier molecular flexibility index (Phi) is 7.12. The van der Waals surface area contributed by atoms with E-state index in [0.29, 0.717) is 12.0 Å². The maximum Gasteiger partial charge on any atom is 0.416 e. The number of amides is 1. The summed E-state index contributed by atoms with van der Waals surface area (Å²) < 4.78 is 42.7. The lowest BCUT2D eigenvalue weighted by Crippen LogP contribution is -2.24. The second kappa shape index (κ2) is 9.31. The van der Waals surface area contributed by atoms with Gasteiger partial charge in [-0.25, -0.2) is 0 Å². The van der Waals surface area contributed by atoms with Crippen LogP contribution in [0.25, 0.3) is 0 Å². The zero-order chi connectivity index (χ0) is 19.9. The van der Waals surface area contributed by atoms with Crippen molar-refractivity contribution < 1.29 is 32.3 Å². The van der Waals surface area contributed by atoms with E-state index in [-0.39, 0.29) is 24.4 Å². The van der Waals surface area contributed by atoms with E-state index in [0.717, 1.165) is 18.2 Å². The molecule has 0 saturated carbocycles. The molecule has 1 heterocycles. The van der Waals surface area contributed by atoms with Crippen LogP contribution in [0.1, 0.15) is 39.1 Å². The Morgan fingerprint density at radius 1 is 1.11 bits per heavy atom. The molecule has 1 amide bonds. The van der Waals surface area contributed by atoms with E-state index in [4.69, 9.17) is 4.74 Å². The number of alkyl halides is 3. The van der Waals surface area contributed by atoms with Gasteiger partial charge in [-0.05, 0) is 30.0 Å². The molecule has 0 atom stereocenters. The van der Waals surface area contributed by atoms with Crippen molar-refractivity contribution >= 4 is 29.0 Å². The highest BCUT2D eigenvalue weighted by molar-refractivity contribution is 7.08. The number of thiophene rings is 1. The Balaban J connectivity index is 1.71. The molecule has 144 valence electrons. The number of hydrogen-bond acceptors (Lipinski definition) is 5. The summed E-state index contributed by atoms with van der Waals surface area (Å²) >= 11 is 1.39. The fourth-order valence-corrected chi connectivity index (χ4v) is 2.74. The van der Waals surface area contributed by atoms with E-state index < -0.39 is 30.1 Å². The van der Waals surface area contributed by atoms with E-state index >= 15 is 0 Å². The Hall–Kier alpha value is -2.68. The lowest BCUT2D eigenvalue weighted by molar-refractivity contribution is -0.142. The number of carbonyl (C=O) groups is 3. The van der Waals surface area contributed by atoms with Gasteiger partial charge >= 0.3 is 12.1 Å². The minimum Gasteiger partial charge on any atom is -0.457 e. The van der Waals surface area contributed by atoms with Crippen LogP contribution in [0.4, 0.5) is 13.2 Å². The summed E-state index contributed by atoms with van der Waals surface area (Å²) in [7, 11) is 0. The molecule has 0 aliphatic heterocycles. The number of esters is 1. The van der Waals surface area contributed by atoms with E-state index in [1.54, 1.807) is 16.8 Å². The van der Waals surface area contributed by atoms with E-state index in [1.807, 2.05) is 0 Å². The van der Waals surface area contributed by atoms with Crippen molar-refractivity contribution in [1.29, 1.82) is 0 Å². The Labute approximate surface area is 157 Å². The third kappa shape index (κ3) is 6.52. The van der Waals surface area contributed by atoms with Gasteiger partial charge in [-0.15, -0.1) is 0 Å². The average Bonchev–Trinajstić information content (AvgIpc) is 3.17. The largest absolute Gasteiger partial charge is 0.457 e. The zero-order valence-corrected chi connectivity index (χ0v) is 14.9. The summed E-state index contributed by atoms with van der Waals surface area (Å²) in [5, 5.41) is 6.11. The van der Waals surface area contributed by atoms with Gasteiger partial charge in [-0.3, -0.25) is 14.4 Å². The Morgan fingerprint density at radius 3 is 2.56 bits per heavy atom. The highest BCUT2D eigenvalue weighted by Gasteiger charge is 2.30. The van der Waals surface area contributed by atoms with E-state index in [1.165, 1.54) is 17.4 Å². The highest BCUT2D eigenvalue weighted by Crippen LogP contribution is 2.29. The van der Waals surface area contributed by atoms with Crippen LogP contribution in [0.15, 0.2) is 41.1 Å². The molecule has 0 aliphatic carbocycles. The second-order valence-electron chi connectivity index (χ2n) is 5.53. The number of Topliss-reactive ketones (excluding diaryl/α,β-unsaturated/α-hetero) is 1. The molecule has 1 aromatic carbocycles. The minimum absolute atomic E-state index is 0.0280. The first-order valence-corrected chi connectivity index (χ1v) is 8.88. The molecule has 2 rings (SSSR count). The fraction of sp³-hybridized carbons (Fsp3) is 0.278. The number of ether oxygens (including phenoxy) is 1. The van der Waals surface area contributed by atoms with Crippen LogP contribution in [0, 0.1) is 0 Å². The number of ketones is 1. The fourth-order valence-electron chi connectivity index (χ4n) is 2.10. The molecule has 2 aromatic rings. The SMILES string of the molecule is O=C(CCCNC(=O)c1ccsc1)OCC(=O)c1cccc(C(F)(F)F)c1.